The van der Waals surface area contributed by atoms with Gasteiger partial charge in [0.2, 0.25) is 0 Å². The third-order valence-corrected chi connectivity index (χ3v) is 4.09. The van der Waals surface area contributed by atoms with E-state index in [-0.39, 0.29) is 5.91 Å². The van der Waals surface area contributed by atoms with Gasteiger partial charge in [-0.25, -0.2) is 0 Å². The van der Waals surface area contributed by atoms with Crippen molar-refractivity contribution in [2.24, 2.45) is 0 Å². The van der Waals surface area contributed by atoms with Crippen molar-refractivity contribution in [1.29, 1.82) is 0 Å². The van der Waals surface area contributed by atoms with E-state index in [9.17, 15) is 4.79 Å². The fraction of sp³-hybridized carbons (Fsp3) is 0.389. The van der Waals surface area contributed by atoms with Crippen LogP contribution in [0.25, 0.3) is 0 Å². The Morgan fingerprint density at radius 3 is 2.64 bits per heavy atom. The van der Waals surface area contributed by atoms with Gasteiger partial charge in [-0.3, -0.25) is 4.79 Å². The Balaban J connectivity index is 1.64. The van der Waals surface area contributed by atoms with Crippen LogP contribution >= 0.6 is 0 Å². The number of furan rings is 1. The van der Waals surface area contributed by atoms with Crippen molar-refractivity contribution in [3.63, 3.8) is 0 Å². The maximum atomic E-state index is 12.3. The summed E-state index contributed by atoms with van der Waals surface area (Å²) in [6, 6.07) is 13.0. The van der Waals surface area contributed by atoms with Gasteiger partial charge in [0.25, 0.3) is 5.91 Å². The standard InChI is InChI=1S/C18H21N2O2/c1-14(2)15-5-3-6-16(13-15)19-8-10-20(11-9-19)18(21)17-7-4-12-22-17/h3-4,6-7,12-14H,8-11H2,1-2H3. The molecule has 0 unspecified atom stereocenters. The van der Waals surface area contributed by atoms with Crippen molar-refractivity contribution in [2.75, 3.05) is 31.1 Å². The summed E-state index contributed by atoms with van der Waals surface area (Å²) < 4.78 is 5.19. The van der Waals surface area contributed by atoms with E-state index in [0.29, 0.717) is 11.7 Å². The minimum Gasteiger partial charge on any atom is -0.459 e. The first-order chi connectivity index (χ1) is 10.6. The smallest absolute Gasteiger partial charge is 0.289 e. The largest absolute Gasteiger partial charge is 0.459 e. The first kappa shape index (κ1) is 14.7. The minimum atomic E-state index is -0.0195. The topological polar surface area (TPSA) is 36.7 Å². The van der Waals surface area contributed by atoms with Gasteiger partial charge < -0.3 is 14.2 Å². The lowest BCUT2D eigenvalue weighted by atomic mass is 10.0. The van der Waals surface area contributed by atoms with Gasteiger partial charge in [-0.05, 0) is 41.8 Å². The molecule has 22 heavy (non-hydrogen) atoms. The highest BCUT2D eigenvalue weighted by Gasteiger charge is 2.23. The zero-order chi connectivity index (χ0) is 15.5. The van der Waals surface area contributed by atoms with E-state index in [1.807, 2.05) is 11.0 Å². The molecule has 1 aromatic heterocycles. The molecule has 2 aromatic rings. The zero-order valence-corrected chi connectivity index (χ0v) is 13.1. The molecule has 1 aliphatic rings. The summed E-state index contributed by atoms with van der Waals surface area (Å²) >= 11 is 0. The third kappa shape index (κ3) is 3.01. The molecule has 3 rings (SSSR count). The lowest BCUT2D eigenvalue weighted by Gasteiger charge is -2.36. The van der Waals surface area contributed by atoms with Crippen LogP contribution in [0.4, 0.5) is 5.69 Å². The van der Waals surface area contributed by atoms with Gasteiger partial charge in [0.1, 0.15) is 0 Å². The van der Waals surface area contributed by atoms with Crippen LogP contribution in [0, 0.1) is 6.07 Å². The molecular weight excluding hydrogens is 276 g/mol. The average Bonchev–Trinajstić information content (AvgIpc) is 3.09. The minimum absolute atomic E-state index is 0.0195. The highest BCUT2D eigenvalue weighted by molar-refractivity contribution is 5.91. The van der Waals surface area contributed by atoms with Gasteiger partial charge in [-0.2, -0.15) is 0 Å². The number of piperazine rings is 1. The Kier molecular flexibility index (Phi) is 4.18. The number of nitrogens with zero attached hydrogens (tertiary/aromatic N) is 2. The Bertz CT molecular complexity index is 626. The Labute approximate surface area is 131 Å². The molecule has 2 heterocycles. The number of hydrogen-bond acceptors (Lipinski definition) is 3. The fourth-order valence-electron chi connectivity index (χ4n) is 2.73. The van der Waals surface area contributed by atoms with Crippen LogP contribution in [-0.4, -0.2) is 37.0 Å². The number of amides is 1. The van der Waals surface area contributed by atoms with E-state index in [2.05, 4.69) is 36.9 Å². The second-order valence-electron chi connectivity index (χ2n) is 5.91. The van der Waals surface area contributed by atoms with Crippen molar-refractivity contribution in [3.05, 3.63) is 54.0 Å². The molecule has 1 amide bonds. The molecule has 1 fully saturated rings. The molecule has 1 aliphatic heterocycles. The molecule has 0 bridgehead atoms. The van der Waals surface area contributed by atoms with Crippen molar-refractivity contribution < 1.29 is 9.21 Å². The summed E-state index contributed by atoms with van der Waals surface area (Å²) in [6.07, 6.45) is 1.54. The van der Waals surface area contributed by atoms with Crippen LogP contribution in [0.5, 0.6) is 0 Å². The van der Waals surface area contributed by atoms with E-state index in [1.54, 1.807) is 12.1 Å². The molecule has 0 spiro atoms. The van der Waals surface area contributed by atoms with E-state index >= 15 is 0 Å². The quantitative estimate of drug-likeness (QED) is 0.873. The van der Waals surface area contributed by atoms with Gasteiger partial charge in [0.15, 0.2) is 5.76 Å². The lowest BCUT2D eigenvalue weighted by molar-refractivity contribution is 0.0714. The van der Waals surface area contributed by atoms with E-state index in [0.717, 1.165) is 26.2 Å². The van der Waals surface area contributed by atoms with Gasteiger partial charge in [0, 0.05) is 31.9 Å². The molecule has 0 N–H and O–H groups in total. The second kappa shape index (κ2) is 6.26. The molecule has 4 heteroatoms. The van der Waals surface area contributed by atoms with Crippen LogP contribution in [0.3, 0.4) is 0 Å². The lowest BCUT2D eigenvalue weighted by Crippen LogP contribution is -2.48. The number of rotatable bonds is 3. The SMILES string of the molecule is CC(C)c1[c]ccc(N2CCN(C(=O)c3ccco3)CC2)c1. The van der Waals surface area contributed by atoms with Crippen LogP contribution in [-0.2, 0) is 0 Å². The monoisotopic (exact) mass is 297 g/mol. The number of carbonyl (C=O) groups is 1. The van der Waals surface area contributed by atoms with Gasteiger partial charge >= 0.3 is 0 Å². The molecule has 115 valence electrons. The Morgan fingerprint density at radius 2 is 2.00 bits per heavy atom. The number of anilines is 1. The highest BCUT2D eigenvalue weighted by atomic mass is 16.3. The predicted octanol–water partition coefficient (Wildman–Crippen LogP) is 3.17. The van der Waals surface area contributed by atoms with Crippen LogP contribution in [0.1, 0.15) is 35.9 Å². The summed E-state index contributed by atoms with van der Waals surface area (Å²) in [4.78, 5) is 16.4. The van der Waals surface area contributed by atoms with E-state index < -0.39 is 0 Å². The van der Waals surface area contributed by atoms with Gasteiger partial charge in [0.05, 0.1) is 6.26 Å². The van der Waals surface area contributed by atoms with Crippen molar-refractivity contribution in [3.8, 4) is 0 Å². The average molecular weight is 297 g/mol. The molecule has 1 aromatic carbocycles. The maximum absolute atomic E-state index is 12.3. The summed E-state index contributed by atoms with van der Waals surface area (Å²) in [6.45, 7) is 7.47. The zero-order valence-electron chi connectivity index (χ0n) is 13.1. The fourth-order valence-corrected chi connectivity index (χ4v) is 2.73. The van der Waals surface area contributed by atoms with E-state index in [4.69, 9.17) is 4.42 Å². The summed E-state index contributed by atoms with van der Waals surface area (Å²) in [7, 11) is 0. The van der Waals surface area contributed by atoms with Crippen LogP contribution < -0.4 is 4.90 Å². The summed E-state index contributed by atoms with van der Waals surface area (Å²) in [5.41, 5.74) is 2.44. The summed E-state index contributed by atoms with van der Waals surface area (Å²) in [5.74, 6) is 0.875. The van der Waals surface area contributed by atoms with Crippen molar-refractivity contribution in [1.82, 2.24) is 4.90 Å². The molecule has 4 nitrogen and oxygen atoms in total. The van der Waals surface area contributed by atoms with Crippen molar-refractivity contribution >= 4 is 11.6 Å². The van der Waals surface area contributed by atoms with Crippen LogP contribution in [0.15, 0.2) is 41.0 Å². The maximum Gasteiger partial charge on any atom is 0.289 e. The summed E-state index contributed by atoms with van der Waals surface area (Å²) in [5, 5.41) is 0. The molecule has 0 atom stereocenters. The molecule has 1 saturated heterocycles. The van der Waals surface area contributed by atoms with Gasteiger partial charge in [-0.1, -0.05) is 19.9 Å². The number of hydrogen-bond donors (Lipinski definition) is 0. The molecule has 1 radical (unpaired) electrons. The van der Waals surface area contributed by atoms with Crippen LogP contribution in [0.2, 0.25) is 0 Å². The second-order valence-corrected chi connectivity index (χ2v) is 5.91. The Morgan fingerprint density at radius 1 is 1.23 bits per heavy atom. The molecule has 0 aliphatic carbocycles. The third-order valence-electron chi connectivity index (χ3n) is 4.09. The molecular formula is C18H21N2O2. The van der Waals surface area contributed by atoms with Crippen molar-refractivity contribution in [2.45, 2.75) is 19.8 Å². The van der Waals surface area contributed by atoms with E-state index in [1.165, 1.54) is 17.5 Å². The van der Waals surface area contributed by atoms with Gasteiger partial charge in [-0.15, -0.1) is 0 Å². The highest BCUT2D eigenvalue weighted by Crippen LogP contribution is 2.22. The molecule has 0 saturated carbocycles. The predicted molar refractivity (Wildman–Crippen MR) is 86.2 cm³/mol. The number of carbonyl (C=O) groups excluding carboxylic acids is 1. The number of benzene rings is 1. The Hall–Kier alpha value is -2.23. The first-order valence-corrected chi connectivity index (χ1v) is 7.74. The first-order valence-electron chi connectivity index (χ1n) is 7.74. The normalized spacial score (nSPS) is 15.4.